The Morgan fingerprint density at radius 3 is 2.89 bits per heavy atom. The van der Waals surface area contributed by atoms with Crippen LogP contribution in [-0.4, -0.2) is 18.8 Å². The number of halogens is 1. The second-order valence-electron chi connectivity index (χ2n) is 4.17. The van der Waals surface area contributed by atoms with E-state index in [4.69, 9.17) is 4.74 Å². The average molecular weight is 342 g/mol. The van der Waals surface area contributed by atoms with Crippen LogP contribution in [0, 0.1) is 0 Å². The Kier molecular flexibility index (Phi) is 5.39. The molecule has 0 radical (unpaired) electrons. The summed E-state index contributed by atoms with van der Waals surface area (Å²) in [6, 6.07) is 7.90. The molecule has 0 bridgehead atoms. The van der Waals surface area contributed by atoms with Gasteiger partial charge in [0.15, 0.2) is 0 Å². The summed E-state index contributed by atoms with van der Waals surface area (Å²) in [5.74, 6) is 0.821. The third kappa shape index (κ3) is 4.04. The van der Waals surface area contributed by atoms with E-state index in [2.05, 4.69) is 21.2 Å². The van der Waals surface area contributed by atoms with Gasteiger partial charge in [0.05, 0.1) is 17.7 Å². The minimum absolute atomic E-state index is 0.451. The van der Waals surface area contributed by atoms with E-state index in [0.29, 0.717) is 13.1 Å². The van der Waals surface area contributed by atoms with E-state index in [9.17, 15) is 5.11 Å². The highest BCUT2D eigenvalue weighted by atomic mass is 79.9. The quantitative estimate of drug-likeness (QED) is 0.846. The first-order chi connectivity index (χ1) is 9.20. The number of rotatable bonds is 6. The van der Waals surface area contributed by atoms with E-state index in [-0.39, 0.29) is 0 Å². The van der Waals surface area contributed by atoms with Crippen molar-refractivity contribution in [2.24, 2.45) is 0 Å². The first-order valence-electron chi connectivity index (χ1n) is 5.94. The van der Waals surface area contributed by atoms with Crippen LogP contribution >= 0.6 is 27.3 Å². The summed E-state index contributed by atoms with van der Waals surface area (Å²) in [6.45, 7) is 1.25. The third-order valence-corrected chi connectivity index (χ3v) is 4.13. The summed E-state index contributed by atoms with van der Waals surface area (Å²) in [4.78, 5) is 0. The van der Waals surface area contributed by atoms with E-state index in [1.165, 1.54) is 0 Å². The number of hydrogen-bond acceptors (Lipinski definition) is 4. The predicted molar refractivity (Wildman–Crippen MR) is 81.7 cm³/mol. The van der Waals surface area contributed by atoms with E-state index in [1.807, 2.05) is 35.0 Å². The highest BCUT2D eigenvalue weighted by Crippen LogP contribution is 2.25. The topological polar surface area (TPSA) is 41.5 Å². The molecule has 1 unspecified atom stereocenters. The van der Waals surface area contributed by atoms with E-state index >= 15 is 0 Å². The van der Waals surface area contributed by atoms with E-state index in [0.717, 1.165) is 21.3 Å². The first kappa shape index (κ1) is 14.5. The van der Waals surface area contributed by atoms with Crippen LogP contribution in [0.3, 0.4) is 0 Å². The number of aliphatic hydroxyl groups excluding tert-OH is 1. The van der Waals surface area contributed by atoms with Crippen molar-refractivity contribution in [1.29, 1.82) is 0 Å². The second kappa shape index (κ2) is 7.05. The lowest BCUT2D eigenvalue weighted by Crippen LogP contribution is -2.20. The van der Waals surface area contributed by atoms with Gasteiger partial charge >= 0.3 is 0 Å². The molecule has 1 atom stereocenters. The molecule has 1 aromatic carbocycles. The molecule has 2 rings (SSSR count). The van der Waals surface area contributed by atoms with Crippen LogP contribution in [0.15, 0.2) is 39.5 Å². The normalized spacial score (nSPS) is 12.4. The van der Waals surface area contributed by atoms with Gasteiger partial charge in [0.2, 0.25) is 0 Å². The number of thiophene rings is 1. The number of nitrogens with one attached hydrogen (secondary N) is 1. The summed E-state index contributed by atoms with van der Waals surface area (Å²) in [5.41, 5.74) is 2.11. The zero-order valence-corrected chi connectivity index (χ0v) is 13.0. The zero-order chi connectivity index (χ0) is 13.7. The highest BCUT2D eigenvalue weighted by Gasteiger charge is 2.07. The van der Waals surface area contributed by atoms with Gasteiger partial charge in [0.25, 0.3) is 0 Å². The van der Waals surface area contributed by atoms with Crippen LogP contribution in [0.2, 0.25) is 0 Å². The number of ether oxygens (including phenoxy) is 1. The molecule has 1 aromatic heterocycles. The molecule has 0 saturated heterocycles. The molecule has 2 aromatic rings. The summed E-state index contributed by atoms with van der Waals surface area (Å²) >= 11 is 5.05. The molecule has 0 aliphatic heterocycles. The lowest BCUT2D eigenvalue weighted by Gasteiger charge is -2.11. The van der Waals surface area contributed by atoms with Crippen molar-refractivity contribution < 1.29 is 9.84 Å². The van der Waals surface area contributed by atoms with E-state index < -0.39 is 6.10 Å². The second-order valence-corrected chi connectivity index (χ2v) is 5.81. The fraction of sp³-hybridized carbons (Fsp3) is 0.286. The van der Waals surface area contributed by atoms with Gasteiger partial charge in [-0.1, -0.05) is 6.07 Å². The maximum absolute atomic E-state index is 9.94. The van der Waals surface area contributed by atoms with Crippen LogP contribution in [0.25, 0.3) is 0 Å². The van der Waals surface area contributed by atoms with Crippen molar-refractivity contribution in [3.05, 3.63) is 50.6 Å². The fourth-order valence-corrected chi connectivity index (χ4v) is 3.05. The smallest absolute Gasteiger partial charge is 0.133 e. The van der Waals surface area contributed by atoms with Gasteiger partial charge in [-0.25, -0.2) is 0 Å². The standard InChI is InChI=1S/C14H16BrNO2S/c1-18-14-3-2-10(6-12(14)15)7-16-8-13(17)11-4-5-19-9-11/h2-6,9,13,16-17H,7-8H2,1H3. The molecular weight excluding hydrogens is 326 g/mol. The van der Waals surface area contributed by atoms with Gasteiger partial charge in [0.1, 0.15) is 5.75 Å². The monoisotopic (exact) mass is 341 g/mol. The summed E-state index contributed by atoms with van der Waals surface area (Å²) in [5, 5.41) is 17.1. The van der Waals surface area contributed by atoms with Gasteiger partial charge in [-0.3, -0.25) is 0 Å². The molecule has 0 spiro atoms. The molecule has 0 amide bonds. The Bertz CT molecular complexity index is 516. The Hall–Kier alpha value is -0.880. The molecule has 1 heterocycles. The van der Waals surface area contributed by atoms with Gasteiger partial charge in [0, 0.05) is 13.1 Å². The highest BCUT2D eigenvalue weighted by molar-refractivity contribution is 9.10. The summed E-state index contributed by atoms with van der Waals surface area (Å²) in [7, 11) is 1.65. The zero-order valence-electron chi connectivity index (χ0n) is 10.6. The minimum Gasteiger partial charge on any atom is -0.496 e. The molecule has 3 nitrogen and oxygen atoms in total. The number of methoxy groups -OCH3 is 1. The van der Waals surface area contributed by atoms with E-state index in [1.54, 1.807) is 18.4 Å². The molecule has 0 aliphatic rings. The predicted octanol–water partition coefficient (Wildman–Crippen LogP) is 3.34. The van der Waals surface area contributed by atoms with Crippen molar-refractivity contribution in [3.63, 3.8) is 0 Å². The molecule has 102 valence electrons. The molecule has 0 aliphatic carbocycles. The van der Waals surface area contributed by atoms with Crippen molar-refractivity contribution in [3.8, 4) is 5.75 Å². The molecule has 0 saturated carbocycles. The van der Waals surface area contributed by atoms with Gasteiger partial charge in [-0.15, -0.1) is 0 Å². The van der Waals surface area contributed by atoms with Gasteiger partial charge in [-0.2, -0.15) is 11.3 Å². The van der Waals surface area contributed by atoms with Crippen molar-refractivity contribution in [2.45, 2.75) is 12.6 Å². The van der Waals surface area contributed by atoms with Crippen LogP contribution < -0.4 is 10.1 Å². The molecule has 19 heavy (non-hydrogen) atoms. The van der Waals surface area contributed by atoms with Crippen LogP contribution in [0.5, 0.6) is 5.75 Å². The van der Waals surface area contributed by atoms with Crippen LogP contribution in [0.1, 0.15) is 17.2 Å². The average Bonchev–Trinajstić information content (AvgIpc) is 2.93. The summed E-state index contributed by atoms with van der Waals surface area (Å²) < 4.78 is 6.12. The van der Waals surface area contributed by atoms with Crippen LogP contribution in [-0.2, 0) is 6.54 Å². The number of hydrogen-bond donors (Lipinski definition) is 2. The number of aliphatic hydroxyl groups is 1. The lowest BCUT2D eigenvalue weighted by atomic mass is 10.2. The van der Waals surface area contributed by atoms with Crippen molar-refractivity contribution >= 4 is 27.3 Å². The Morgan fingerprint density at radius 2 is 2.26 bits per heavy atom. The Labute approximate surface area is 125 Å². The summed E-state index contributed by atoms with van der Waals surface area (Å²) in [6.07, 6.45) is -0.451. The Morgan fingerprint density at radius 1 is 1.42 bits per heavy atom. The largest absolute Gasteiger partial charge is 0.496 e. The Balaban J connectivity index is 1.84. The molecule has 2 N–H and O–H groups in total. The molecule has 0 fully saturated rings. The first-order valence-corrected chi connectivity index (χ1v) is 7.67. The molecule has 5 heteroatoms. The maximum Gasteiger partial charge on any atom is 0.133 e. The van der Waals surface area contributed by atoms with Crippen LogP contribution in [0.4, 0.5) is 0 Å². The molecular formula is C14H16BrNO2S. The van der Waals surface area contributed by atoms with Gasteiger partial charge < -0.3 is 15.2 Å². The van der Waals surface area contributed by atoms with Crippen molar-refractivity contribution in [2.75, 3.05) is 13.7 Å². The minimum atomic E-state index is -0.451. The SMILES string of the molecule is COc1ccc(CNCC(O)c2ccsc2)cc1Br. The lowest BCUT2D eigenvalue weighted by molar-refractivity contribution is 0.175. The third-order valence-electron chi connectivity index (χ3n) is 2.81. The van der Waals surface area contributed by atoms with Crippen molar-refractivity contribution in [1.82, 2.24) is 5.32 Å². The van der Waals surface area contributed by atoms with Gasteiger partial charge in [-0.05, 0) is 56.0 Å². The number of benzene rings is 1. The fourth-order valence-electron chi connectivity index (χ4n) is 1.76. The maximum atomic E-state index is 9.94.